The number of hydrogen-bond acceptors (Lipinski definition) is 1. The van der Waals surface area contributed by atoms with Crippen molar-refractivity contribution < 1.29 is 0 Å². The third kappa shape index (κ3) is 1.58. The summed E-state index contributed by atoms with van der Waals surface area (Å²) in [6, 6.07) is 10.9. The van der Waals surface area contributed by atoms with Crippen LogP contribution < -0.4 is 5.73 Å². The molecule has 86 valence electrons. The smallest absolute Gasteiger partial charge is 0.0422 e. The Hall–Kier alpha value is -1.60. The predicted octanol–water partition coefficient (Wildman–Crippen LogP) is 3.74. The van der Waals surface area contributed by atoms with Crippen LogP contribution in [0.25, 0.3) is 16.8 Å². The van der Waals surface area contributed by atoms with Gasteiger partial charge in [-0.05, 0) is 59.9 Å². The van der Waals surface area contributed by atoms with Gasteiger partial charge in [-0.25, -0.2) is 0 Å². The third-order valence-electron chi connectivity index (χ3n) is 3.72. The molecule has 2 N–H and O–H groups in total. The lowest BCUT2D eigenvalue weighted by atomic mass is 9.81. The Bertz CT molecular complexity index is 621. The normalized spacial score (nSPS) is 22.8. The highest BCUT2D eigenvalue weighted by Gasteiger charge is 2.25. The molecule has 3 rings (SSSR count). The van der Waals surface area contributed by atoms with Gasteiger partial charge in [-0.1, -0.05) is 30.4 Å². The first kappa shape index (κ1) is 10.5. The van der Waals surface area contributed by atoms with E-state index in [1.54, 1.807) is 0 Å². The van der Waals surface area contributed by atoms with Crippen molar-refractivity contribution >= 4 is 16.8 Å². The minimum absolute atomic E-state index is 0.236. The van der Waals surface area contributed by atoms with Gasteiger partial charge in [0.15, 0.2) is 0 Å². The number of benzene rings is 2. The second-order valence-electron chi connectivity index (χ2n) is 5.26. The second-order valence-corrected chi connectivity index (χ2v) is 5.26. The topological polar surface area (TPSA) is 26.0 Å². The fraction of sp³-hybridized carbons (Fsp3) is 0.250. The van der Waals surface area contributed by atoms with Gasteiger partial charge in [0.1, 0.15) is 0 Å². The molecule has 1 aliphatic rings. The molecule has 1 nitrogen and oxygen atoms in total. The lowest BCUT2D eigenvalue weighted by Gasteiger charge is -2.29. The molecule has 0 saturated heterocycles. The summed E-state index contributed by atoms with van der Waals surface area (Å²) in [5, 5.41) is 2.62. The largest absolute Gasteiger partial charge is 0.321 e. The lowest BCUT2D eigenvalue weighted by Crippen LogP contribution is -2.34. The van der Waals surface area contributed by atoms with Crippen molar-refractivity contribution in [2.24, 2.45) is 5.73 Å². The van der Waals surface area contributed by atoms with Gasteiger partial charge < -0.3 is 5.73 Å². The van der Waals surface area contributed by atoms with Crippen LogP contribution in [0.1, 0.15) is 30.0 Å². The maximum Gasteiger partial charge on any atom is 0.0422 e. The van der Waals surface area contributed by atoms with Gasteiger partial charge in [-0.15, -0.1) is 0 Å². The van der Waals surface area contributed by atoms with Crippen molar-refractivity contribution in [3.8, 4) is 0 Å². The molecular weight excluding hydrogens is 206 g/mol. The Morgan fingerprint density at radius 2 is 2.06 bits per heavy atom. The molecule has 0 aromatic heterocycles. The van der Waals surface area contributed by atoms with E-state index >= 15 is 0 Å². The Morgan fingerprint density at radius 3 is 2.88 bits per heavy atom. The average Bonchev–Trinajstić information content (AvgIpc) is 2.27. The van der Waals surface area contributed by atoms with E-state index in [1.165, 1.54) is 27.5 Å². The summed E-state index contributed by atoms with van der Waals surface area (Å²) in [5.41, 5.74) is 9.99. The number of fused-ring (bicyclic) bond motifs is 2. The number of hydrogen-bond donors (Lipinski definition) is 1. The van der Waals surface area contributed by atoms with Crippen LogP contribution >= 0.6 is 0 Å². The highest BCUT2D eigenvalue weighted by Crippen LogP contribution is 2.34. The van der Waals surface area contributed by atoms with E-state index in [9.17, 15) is 0 Å². The van der Waals surface area contributed by atoms with Gasteiger partial charge in [0, 0.05) is 5.54 Å². The Labute approximate surface area is 102 Å². The molecule has 17 heavy (non-hydrogen) atoms. The number of nitrogens with two attached hydrogens (primary N) is 1. The molecular formula is C16H17N. The van der Waals surface area contributed by atoms with Gasteiger partial charge in [-0.3, -0.25) is 0 Å². The fourth-order valence-electron chi connectivity index (χ4n) is 2.67. The van der Waals surface area contributed by atoms with Crippen LogP contribution in [-0.2, 0) is 5.54 Å². The predicted molar refractivity (Wildman–Crippen MR) is 73.9 cm³/mol. The van der Waals surface area contributed by atoms with E-state index in [4.69, 9.17) is 5.73 Å². The Kier molecular flexibility index (Phi) is 2.14. The maximum atomic E-state index is 6.38. The van der Waals surface area contributed by atoms with Crippen LogP contribution in [0.3, 0.4) is 0 Å². The SMILES string of the molecule is Cc1cccc2cc3c(cc12)C(C)(N)CC=C3. The molecule has 0 radical (unpaired) electrons. The quantitative estimate of drug-likeness (QED) is 0.723. The summed E-state index contributed by atoms with van der Waals surface area (Å²) in [7, 11) is 0. The highest BCUT2D eigenvalue weighted by atomic mass is 14.7. The highest BCUT2D eigenvalue weighted by molar-refractivity contribution is 5.89. The van der Waals surface area contributed by atoms with Gasteiger partial charge in [0.05, 0.1) is 0 Å². The van der Waals surface area contributed by atoms with Crippen LogP contribution in [0.2, 0.25) is 0 Å². The molecule has 0 bridgehead atoms. The zero-order chi connectivity index (χ0) is 12.0. The van der Waals surface area contributed by atoms with Crippen molar-refractivity contribution in [2.45, 2.75) is 25.8 Å². The molecule has 0 aliphatic heterocycles. The zero-order valence-electron chi connectivity index (χ0n) is 10.3. The van der Waals surface area contributed by atoms with Crippen LogP contribution in [0, 0.1) is 6.92 Å². The molecule has 1 unspecified atom stereocenters. The van der Waals surface area contributed by atoms with E-state index in [0.717, 1.165) is 6.42 Å². The van der Waals surface area contributed by atoms with Crippen LogP contribution in [-0.4, -0.2) is 0 Å². The van der Waals surface area contributed by atoms with E-state index in [0.29, 0.717) is 0 Å². The molecule has 0 spiro atoms. The fourth-order valence-corrected chi connectivity index (χ4v) is 2.67. The minimum Gasteiger partial charge on any atom is -0.321 e. The van der Waals surface area contributed by atoms with Crippen LogP contribution in [0.15, 0.2) is 36.4 Å². The summed E-state index contributed by atoms with van der Waals surface area (Å²) < 4.78 is 0. The first-order chi connectivity index (χ1) is 8.08. The van der Waals surface area contributed by atoms with Crippen LogP contribution in [0.5, 0.6) is 0 Å². The van der Waals surface area contributed by atoms with E-state index in [1.807, 2.05) is 0 Å². The van der Waals surface area contributed by atoms with E-state index < -0.39 is 0 Å². The van der Waals surface area contributed by atoms with Crippen LogP contribution in [0.4, 0.5) is 0 Å². The molecule has 0 heterocycles. The Balaban J connectivity index is 2.38. The van der Waals surface area contributed by atoms with Crippen molar-refractivity contribution in [1.82, 2.24) is 0 Å². The van der Waals surface area contributed by atoms with Crippen molar-refractivity contribution in [2.75, 3.05) is 0 Å². The van der Waals surface area contributed by atoms with Gasteiger partial charge in [-0.2, -0.15) is 0 Å². The number of aryl methyl sites for hydroxylation is 1. The molecule has 0 amide bonds. The zero-order valence-corrected chi connectivity index (χ0v) is 10.3. The molecule has 2 aromatic rings. The first-order valence-electron chi connectivity index (χ1n) is 6.07. The van der Waals surface area contributed by atoms with Gasteiger partial charge in [0.2, 0.25) is 0 Å². The van der Waals surface area contributed by atoms with Gasteiger partial charge >= 0.3 is 0 Å². The monoisotopic (exact) mass is 223 g/mol. The van der Waals surface area contributed by atoms with Crippen molar-refractivity contribution in [3.05, 3.63) is 53.1 Å². The van der Waals surface area contributed by atoms with Crippen molar-refractivity contribution in [3.63, 3.8) is 0 Å². The molecule has 1 atom stereocenters. The number of rotatable bonds is 0. The summed E-state index contributed by atoms with van der Waals surface area (Å²) >= 11 is 0. The summed E-state index contributed by atoms with van der Waals surface area (Å²) in [6.07, 6.45) is 5.27. The van der Waals surface area contributed by atoms with E-state index in [2.05, 4.69) is 56.3 Å². The maximum absolute atomic E-state index is 6.38. The second kappa shape index (κ2) is 3.44. The molecule has 2 aromatic carbocycles. The third-order valence-corrected chi connectivity index (χ3v) is 3.72. The first-order valence-corrected chi connectivity index (χ1v) is 6.07. The van der Waals surface area contributed by atoms with Crippen molar-refractivity contribution in [1.29, 1.82) is 0 Å². The standard InChI is InChI=1S/C16H17N/c1-11-5-3-6-12-9-13-7-4-8-16(2,17)15(13)10-14(11)12/h3-7,9-10H,8,17H2,1-2H3. The van der Waals surface area contributed by atoms with E-state index in [-0.39, 0.29) is 5.54 Å². The summed E-state index contributed by atoms with van der Waals surface area (Å²) in [6.45, 7) is 4.26. The Morgan fingerprint density at radius 1 is 1.24 bits per heavy atom. The lowest BCUT2D eigenvalue weighted by molar-refractivity contribution is 0.498. The molecule has 0 fully saturated rings. The average molecular weight is 223 g/mol. The summed E-state index contributed by atoms with van der Waals surface area (Å²) in [4.78, 5) is 0. The molecule has 1 aliphatic carbocycles. The van der Waals surface area contributed by atoms with Gasteiger partial charge in [0.25, 0.3) is 0 Å². The molecule has 1 heteroatoms. The summed E-state index contributed by atoms with van der Waals surface area (Å²) in [5.74, 6) is 0. The minimum atomic E-state index is -0.236. The molecule has 0 saturated carbocycles.